The molecule has 0 saturated carbocycles. The first-order chi connectivity index (χ1) is 12.4. The van der Waals surface area contributed by atoms with Crippen LogP contribution < -0.4 is 10.2 Å². The average Bonchev–Trinajstić information content (AvgIpc) is 2.59. The molecule has 1 amide bonds. The summed E-state index contributed by atoms with van der Waals surface area (Å²) in [5.74, 6) is 0.420. The lowest BCUT2D eigenvalue weighted by molar-refractivity contribution is 0.0946. The molecular weight excluding hydrogens is 326 g/mol. The zero-order valence-electron chi connectivity index (χ0n) is 16.4. The van der Waals surface area contributed by atoms with Crippen LogP contribution in [0.4, 0.5) is 5.95 Å². The summed E-state index contributed by atoms with van der Waals surface area (Å²) in [6.45, 7) is 8.17. The van der Waals surface area contributed by atoms with E-state index >= 15 is 0 Å². The number of anilines is 1. The largest absolute Gasteiger partial charge is 0.349 e. The molecule has 0 spiro atoms. The Hall–Kier alpha value is -2.47. The van der Waals surface area contributed by atoms with Gasteiger partial charge in [-0.15, -0.1) is 0 Å². The number of nitrogens with zero attached hydrogens (tertiary/aromatic N) is 4. The lowest BCUT2D eigenvalue weighted by Gasteiger charge is -2.27. The van der Waals surface area contributed by atoms with Gasteiger partial charge in [0.1, 0.15) is 5.69 Å². The minimum Gasteiger partial charge on any atom is -0.349 e. The van der Waals surface area contributed by atoms with Crippen LogP contribution in [0.25, 0.3) is 0 Å². The molecule has 0 atom stereocenters. The van der Waals surface area contributed by atoms with Crippen LogP contribution in [0.2, 0.25) is 0 Å². The molecule has 2 rings (SSSR count). The fraction of sp³-hybridized carbons (Fsp3) is 0.450. The highest BCUT2D eigenvalue weighted by Gasteiger charge is 2.17. The Morgan fingerprint density at radius 3 is 2.46 bits per heavy atom. The van der Waals surface area contributed by atoms with Crippen LogP contribution in [0, 0.1) is 6.92 Å². The highest BCUT2D eigenvalue weighted by atomic mass is 16.1. The molecule has 0 bridgehead atoms. The molecule has 140 valence electrons. The molecule has 1 aromatic heterocycles. The number of aryl methyl sites for hydroxylation is 1. The number of hydrogen-bond donors (Lipinski definition) is 1. The van der Waals surface area contributed by atoms with E-state index in [1.807, 2.05) is 44.1 Å². The van der Waals surface area contributed by atoms with Crippen molar-refractivity contribution in [2.24, 2.45) is 0 Å². The van der Waals surface area contributed by atoms with Crippen molar-refractivity contribution in [3.8, 4) is 0 Å². The number of carbonyl (C=O) groups excluding carboxylic acids is 1. The third-order valence-electron chi connectivity index (χ3n) is 4.00. The summed E-state index contributed by atoms with van der Waals surface area (Å²) in [6, 6.07) is 12.2. The molecule has 6 nitrogen and oxygen atoms in total. The van der Waals surface area contributed by atoms with Crippen LogP contribution in [-0.4, -0.2) is 54.0 Å². The summed E-state index contributed by atoms with van der Waals surface area (Å²) in [7, 11) is 3.95. The standard InChI is InChI=1S/C20H29N5O/c1-15(2)25(14-17-9-7-6-8-10-17)20-22-16(3)13-18(23-20)19(26)21-11-12-24(4)5/h6-10,13,15H,11-12,14H2,1-5H3,(H,21,26). The van der Waals surface area contributed by atoms with Crippen LogP contribution in [0.15, 0.2) is 36.4 Å². The monoisotopic (exact) mass is 355 g/mol. The molecule has 0 radical (unpaired) electrons. The van der Waals surface area contributed by atoms with Gasteiger partial charge in [0.15, 0.2) is 0 Å². The number of nitrogens with one attached hydrogen (secondary N) is 1. The molecule has 0 aliphatic heterocycles. The van der Waals surface area contributed by atoms with Crippen molar-refractivity contribution < 1.29 is 4.79 Å². The van der Waals surface area contributed by atoms with E-state index in [1.54, 1.807) is 6.07 Å². The fourth-order valence-electron chi connectivity index (χ4n) is 2.55. The van der Waals surface area contributed by atoms with Gasteiger partial charge >= 0.3 is 0 Å². The lowest BCUT2D eigenvalue weighted by Crippen LogP contribution is -2.34. The maximum atomic E-state index is 12.4. The van der Waals surface area contributed by atoms with E-state index in [0.29, 0.717) is 24.7 Å². The van der Waals surface area contributed by atoms with Gasteiger partial charge in [-0.25, -0.2) is 9.97 Å². The first-order valence-electron chi connectivity index (χ1n) is 8.96. The molecule has 26 heavy (non-hydrogen) atoms. The van der Waals surface area contributed by atoms with Gasteiger partial charge in [0, 0.05) is 31.4 Å². The maximum Gasteiger partial charge on any atom is 0.270 e. The van der Waals surface area contributed by atoms with E-state index in [2.05, 4.69) is 46.2 Å². The zero-order chi connectivity index (χ0) is 19.1. The van der Waals surface area contributed by atoms with Crippen LogP contribution in [0.3, 0.4) is 0 Å². The first kappa shape index (κ1) is 19.8. The third-order valence-corrected chi connectivity index (χ3v) is 4.00. The van der Waals surface area contributed by atoms with Gasteiger partial charge in [-0.05, 0) is 46.5 Å². The Morgan fingerprint density at radius 2 is 1.85 bits per heavy atom. The molecule has 0 aliphatic rings. The summed E-state index contributed by atoms with van der Waals surface area (Å²) in [4.78, 5) is 25.7. The average molecular weight is 355 g/mol. The Bertz CT molecular complexity index is 715. The van der Waals surface area contributed by atoms with Crippen molar-refractivity contribution in [3.63, 3.8) is 0 Å². The highest BCUT2D eigenvalue weighted by molar-refractivity contribution is 5.92. The van der Waals surface area contributed by atoms with Crippen molar-refractivity contribution >= 4 is 11.9 Å². The molecule has 0 aliphatic carbocycles. The second-order valence-electron chi connectivity index (χ2n) is 6.96. The van der Waals surface area contributed by atoms with Crippen LogP contribution in [0.5, 0.6) is 0 Å². The van der Waals surface area contributed by atoms with Crippen molar-refractivity contribution in [2.45, 2.75) is 33.4 Å². The maximum absolute atomic E-state index is 12.4. The topological polar surface area (TPSA) is 61.4 Å². The number of benzene rings is 1. The summed E-state index contributed by atoms with van der Waals surface area (Å²) < 4.78 is 0. The normalized spacial score (nSPS) is 11.0. The summed E-state index contributed by atoms with van der Waals surface area (Å²) in [6.07, 6.45) is 0. The number of amides is 1. The smallest absolute Gasteiger partial charge is 0.270 e. The summed E-state index contributed by atoms with van der Waals surface area (Å²) >= 11 is 0. The van der Waals surface area contributed by atoms with E-state index in [4.69, 9.17) is 0 Å². The number of likely N-dealkylation sites (N-methyl/N-ethyl adjacent to an activating group) is 1. The summed E-state index contributed by atoms with van der Waals surface area (Å²) in [5.41, 5.74) is 2.37. The van der Waals surface area contributed by atoms with Crippen LogP contribution in [-0.2, 0) is 6.54 Å². The predicted molar refractivity (Wildman–Crippen MR) is 105 cm³/mol. The van der Waals surface area contributed by atoms with Gasteiger partial charge in [0.2, 0.25) is 5.95 Å². The minimum atomic E-state index is -0.165. The van der Waals surface area contributed by atoms with Crippen molar-refractivity contribution in [3.05, 3.63) is 53.3 Å². The first-order valence-corrected chi connectivity index (χ1v) is 8.96. The Morgan fingerprint density at radius 1 is 1.15 bits per heavy atom. The second kappa shape index (κ2) is 9.29. The van der Waals surface area contributed by atoms with Gasteiger partial charge in [-0.1, -0.05) is 30.3 Å². The Balaban J connectivity index is 2.21. The van der Waals surface area contributed by atoms with Gasteiger partial charge in [0.05, 0.1) is 0 Å². The van der Waals surface area contributed by atoms with Crippen molar-refractivity contribution in [1.29, 1.82) is 0 Å². The Labute approximate surface area is 156 Å². The van der Waals surface area contributed by atoms with Crippen molar-refractivity contribution in [2.75, 3.05) is 32.1 Å². The lowest BCUT2D eigenvalue weighted by atomic mass is 10.2. The van der Waals surface area contributed by atoms with Gasteiger partial charge in [-0.3, -0.25) is 4.79 Å². The molecule has 0 saturated heterocycles. The third kappa shape index (κ3) is 5.81. The van der Waals surface area contributed by atoms with E-state index in [1.165, 1.54) is 5.56 Å². The Kier molecular flexibility index (Phi) is 7.09. The van der Waals surface area contributed by atoms with E-state index in [0.717, 1.165) is 12.2 Å². The molecule has 0 unspecified atom stereocenters. The molecular formula is C20H29N5O. The van der Waals surface area contributed by atoms with Gasteiger partial charge in [-0.2, -0.15) is 0 Å². The second-order valence-corrected chi connectivity index (χ2v) is 6.96. The quantitative estimate of drug-likeness (QED) is 0.788. The number of carbonyl (C=O) groups is 1. The van der Waals surface area contributed by atoms with Gasteiger partial charge < -0.3 is 15.1 Å². The molecule has 1 aromatic carbocycles. The van der Waals surface area contributed by atoms with E-state index in [9.17, 15) is 4.79 Å². The highest BCUT2D eigenvalue weighted by Crippen LogP contribution is 2.17. The number of hydrogen-bond acceptors (Lipinski definition) is 5. The molecule has 2 aromatic rings. The zero-order valence-corrected chi connectivity index (χ0v) is 16.4. The van der Waals surface area contributed by atoms with Crippen LogP contribution >= 0.6 is 0 Å². The number of aromatic nitrogens is 2. The van der Waals surface area contributed by atoms with E-state index < -0.39 is 0 Å². The minimum absolute atomic E-state index is 0.165. The molecule has 1 heterocycles. The van der Waals surface area contributed by atoms with Crippen LogP contribution in [0.1, 0.15) is 35.6 Å². The molecule has 0 fully saturated rings. The number of rotatable bonds is 8. The van der Waals surface area contributed by atoms with Gasteiger partial charge in [0.25, 0.3) is 5.91 Å². The SMILES string of the molecule is Cc1cc(C(=O)NCCN(C)C)nc(N(Cc2ccccc2)C(C)C)n1. The molecule has 6 heteroatoms. The fourth-order valence-corrected chi connectivity index (χ4v) is 2.55. The predicted octanol–water partition coefficient (Wildman–Crippen LogP) is 2.49. The van der Waals surface area contributed by atoms with Crippen molar-refractivity contribution in [1.82, 2.24) is 20.2 Å². The summed E-state index contributed by atoms with van der Waals surface area (Å²) in [5, 5.41) is 2.91. The van der Waals surface area contributed by atoms with E-state index in [-0.39, 0.29) is 11.9 Å². The molecule has 1 N–H and O–H groups in total.